The van der Waals surface area contributed by atoms with Crippen molar-refractivity contribution in [3.8, 4) is 0 Å². The molecule has 1 fully saturated rings. The summed E-state index contributed by atoms with van der Waals surface area (Å²) in [6.07, 6.45) is 3.48. The molecule has 0 spiro atoms. The largest absolute Gasteiger partial charge is 0.393 e. The Morgan fingerprint density at radius 2 is 2.06 bits per heavy atom. The molecular formula is C13H22O3. The second-order valence-corrected chi connectivity index (χ2v) is 5.59. The van der Waals surface area contributed by atoms with Crippen molar-refractivity contribution in [3.05, 3.63) is 0 Å². The van der Waals surface area contributed by atoms with Crippen LogP contribution in [0.2, 0.25) is 0 Å². The molecule has 0 bridgehead atoms. The zero-order valence-corrected chi connectivity index (χ0v) is 10.7. The summed E-state index contributed by atoms with van der Waals surface area (Å²) in [5, 5.41) is 0. The van der Waals surface area contributed by atoms with Gasteiger partial charge in [0.15, 0.2) is 0 Å². The second kappa shape index (κ2) is 4.98. The molecule has 0 radical (unpaired) electrons. The van der Waals surface area contributed by atoms with Crippen molar-refractivity contribution < 1.29 is 14.3 Å². The van der Waals surface area contributed by atoms with Gasteiger partial charge >= 0.3 is 11.9 Å². The van der Waals surface area contributed by atoms with Crippen LogP contribution in [0.3, 0.4) is 0 Å². The fraction of sp³-hybridized carbons (Fsp3) is 0.846. The fourth-order valence-electron chi connectivity index (χ4n) is 2.07. The van der Waals surface area contributed by atoms with Gasteiger partial charge in [-0.2, -0.15) is 0 Å². The molecule has 3 nitrogen and oxygen atoms in total. The van der Waals surface area contributed by atoms with E-state index in [0.29, 0.717) is 5.92 Å². The standard InChI is InChI=1S/C13H22O3/c1-5-9(2)6-7-13(3,4)10-8-11(14)16-12(10)15/h9-10H,5-8H2,1-4H3. The van der Waals surface area contributed by atoms with Gasteiger partial charge in [-0.25, -0.2) is 0 Å². The normalized spacial score (nSPS) is 23.4. The number of carbonyl (C=O) groups excluding carboxylic acids is 2. The van der Waals surface area contributed by atoms with E-state index in [4.69, 9.17) is 0 Å². The Balaban J connectivity index is 2.56. The fourth-order valence-corrected chi connectivity index (χ4v) is 2.07. The van der Waals surface area contributed by atoms with E-state index >= 15 is 0 Å². The smallest absolute Gasteiger partial charge is 0.317 e. The molecule has 0 aromatic rings. The van der Waals surface area contributed by atoms with Crippen LogP contribution in [0.5, 0.6) is 0 Å². The van der Waals surface area contributed by atoms with Crippen molar-refractivity contribution in [2.75, 3.05) is 0 Å². The van der Waals surface area contributed by atoms with Crippen molar-refractivity contribution in [1.29, 1.82) is 0 Å². The van der Waals surface area contributed by atoms with Crippen LogP contribution in [0.4, 0.5) is 0 Å². The summed E-state index contributed by atoms with van der Waals surface area (Å²) in [6.45, 7) is 8.50. The minimum Gasteiger partial charge on any atom is -0.393 e. The predicted molar refractivity (Wildman–Crippen MR) is 61.7 cm³/mol. The highest BCUT2D eigenvalue weighted by atomic mass is 16.6. The lowest BCUT2D eigenvalue weighted by Gasteiger charge is -2.29. The molecular weight excluding hydrogens is 204 g/mol. The summed E-state index contributed by atoms with van der Waals surface area (Å²) < 4.78 is 4.62. The zero-order valence-electron chi connectivity index (χ0n) is 10.7. The highest BCUT2D eigenvalue weighted by Gasteiger charge is 2.43. The van der Waals surface area contributed by atoms with Gasteiger partial charge in [-0.3, -0.25) is 9.59 Å². The van der Waals surface area contributed by atoms with Crippen molar-refractivity contribution in [1.82, 2.24) is 0 Å². The van der Waals surface area contributed by atoms with Crippen LogP contribution in [0.25, 0.3) is 0 Å². The summed E-state index contributed by atoms with van der Waals surface area (Å²) in [6, 6.07) is 0. The molecule has 1 rings (SSSR count). The van der Waals surface area contributed by atoms with Crippen LogP contribution in [0.1, 0.15) is 53.4 Å². The molecule has 0 aromatic carbocycles. The molecule has 92 valence electrons. The third-order valence-electron chi connectivity index (χ3n) is 3.79. The number of ether oxygens (including phenoxy) is 1. The highest BCUT2D eigenvalue weighted by molar-refractivity contribution is 5.95. The Morgan fingerprint density at radius 1 is 1.44 bits per heavy atom. The van der Waals surface area contributed by atoms with Gasteiger partial charge in [-0.15, -0.1) is 0 Å². The summed E-state index contributed by atoms with van der Waals surface area (Å²) in [7, 11) is 0. The van der Waals surface area contributed by atoms with E-state index in [9.17, 15) is 9.59 Å². The third kappa shape index (κ3) is 3.06. The van der Waals surface area contributed by atoms with E-state index in [-0.39, 0.29) is 29.7 Å². The summed E-state index contributed by atoms with van der Waals surface area (Å²) in [5.41, 5.74) is -0.132. The van der Waals surface area contributed by atoms with Crippen LogP contribution in [0.15, 0.2) is 0 Å². The molecule has 0 aliphatic carbocycles. The molecule has 1 aliphatic heterocycles. The Morgan fingerprint density at radius 3 is 2.50 bits per heavy atom. The van der Waals surface area contributed by atoms with Crippen molar-refractivity contribution in [2.45, 2.75) is 53.4 Å². The minimum absolute atomic E-state index is 0.132. The highest BCUT2D eigenvalue weighted by Crippen LogP contribution is 2.39. The molecule has 2 unspecified atom stereocenters. The summed E-state index contributed by atoms with van der Waals surface area (Å²) >= 11 is 0. The first kappa shape index (κ1) is 13.2. The van der Waals surface area contributed by atoms with Crippen LogP contribution in [0, 0.1) is 17.3 Å². The number of hydrogen-bond donors (Lipinski definition) is 0. The predicted octanol–water partition coefficient (Wildman–Crippen LogP) is 2.93. The SMILES string of the molecule is CCC(C)CCC(C)(C)C1CC(=O)OC1=O. The Hall–Kier alpha value is -0.860. The van der Waals surface area contributed by atoms with Gasteiger partial charge < -0.3 is 4.74 Å². The first-order valence-corrected chi connectivity index (χ1v) is 6.11. The van der Waals surface area contributed by atoms with Crippen LogP contribution < -0.4 is 0 Å². The molecule has 0 saturated carbocycles. The molecule has 16 heavy (non-hydrogen) atoms. The molecule has 0 amide bonds. The van der Waals surface area contributed by atoms with Gasteiger partial charge in [0.2, 0.25) is 0 Å². The van der Waals surface area contributed by atoms with E-state index in [2.05, 4.69) is 32.4 Å². The maximum atomic E-state index is 11.5. The van der Waals surface area contributed by atoms with Gasteiger partial charge in [0.25, 0.3) is 0 Å². The lowest BCUT2D eigenvalue weighted by atomic mass is 9.73. The van der Waals surface area contributed by atoms with Gasteiger partial charge in [0.1, 0.15) is 0 Å². The molecule has 2 atom stereocenters. The average molecular weight is 226 g/mol. The van der Waals surface area contributed by atoms with E-state index in [0.717, 1.165) is 19.3 Å². The maximum Gasteiger partial charge on any atom is 0.317 e. The van der Waals surface area contributed by atoms with Crippen LogP contribution in [-0.2, 0) is 14.3 Å². The Kier molecular flexibility index (Phi) is 4.11. The maximum absolute atomic E-state index is 11.5. The van der Waals surface area contributed by atoms with Gasteiger partial charge in [0.05, 0.1) is 12.3 Å². The van der Waals surface area contributed by atoms with Crippen molar-refractivity contribution in [2.24, 2.45) is 17.3 Å². The Labute approximate surface area is 97.5 Å². The number of rotatable bonds is 5. The topological polar surface area (TPSA) is 43.4 Å². The molecule has 1 aliphatic rings. The number of carbonyl (C=O) groups is 2. The second-order valence-electron chi connectivity index (χ2n) is 5.59. The average Bonchev–Trinajstić information content (AvgIpc) is 2.55. The molecule has 3 heteroatoms. The van der Waals surface area contributed by atoms with E-state index < -0.39 is 0 Å². The minimum atomic E-state index is -0.369. The number of esters is 2. The van der Waals surface area contributed by atoms with E-state index in [1.165, 1.54) is 0 Å². The quantitative estimate of drug-likeness (QED) is 0.534. The molecule has 1 heterocycles. The lowest BCUT2D eigenvalue weighted by molar-refractivity contribution is -0.154. The number of hydrogen-bond acceptors (Lipinski definition) is 3. The van der Waals surface area contributed by atoms with E-state index in [1.807, 2.05) is 0 Å². The monoisotopic (exact) mass is 226 g/mol. The third-order valence-corrected chi connectivity index (χ3v) is 3.79. The van der Waals surface area contributed by atoms with Gasteiger partial charge in [-0.05, 0) is 17.8 Å². The number of cyclic esters (lactones) is 2. The van der Waals surface area contributed by atoms with Crippen LogP contribution >= 0.6 is 0 Å². The van der Waals surface area contributed by atoms with E-state index in [1.54, 1.807) is 0 Å². The first-order valence-electron chi connectivity index (χ1n) is 6.11. The van der Waals surface area contributed by atoms with Crippen molar-refractivity contribution in [3.63, 3.8) is 0 Å². The summed E-state index contributed by atoms with van der Waals surface area (Å²) in [5.74, 6) is -0.276. The molecule has 0 aromatic heterocycles. The van der Waals surface area contributed by atoms with Crippen molar-refractivity contribution >= 4 is 11.9 Å². The molecule has 1 saturated heterocycles. The summed E-state index contributed by atoms with van der Waals surface area (Å²) in [4.78, 5) is 22.6. The van der Waals surface area contributed by atoms with Gasteiger partial charge in [0, 0.05) is 0 Å². The lowest BCUT2D eigenvalue weighted by Crippen LogP contribution is -2.28. The van der Waals surface area contributed by atoms with Gasteiger partial charge in [-0.1, -0.05) is 40.5 Å². The Bertz CT molecular complexity index is 281. The molecule has 0 N–H and O–H groups in total. The van der Waals surface area contributed by atoms with Crippen LogP contribution in [-0.4, -0.2) is 11.9 Å². The zero-order chi connectivity index (χ0) is 12.3. The first-order chi connectivity index (χ1) is 7.36.